The Balaban J connectivity index is 1.75. The molecule has 25 heavy (non-hydrogen) atoms. The van der Waals surface area contributed by atoms with Crippen molar-refractivity contribution in [3.8, 4) is 0 Å². The third-order valence-corrected chi connectivity index (χ3v) is 4.76. The lowest BCUT2D eigenvalue weighted by atomic mass is 10.2. The van der Waals surface area contributed by atoms with Crippen molar-refractivity contribution in [1.82, 2.24) is 14.3 Å². The number of quaternary nitrogens is 1. The summed E-state index contributed by atoms with van der Waals surface area (Å²) in [7, 11) is 2.06. The third-order valence-electron chi connectivity index (χ3n) is 4.33. The van der Waals surface area contributed by atoms with Crippen LogP contribution in [0.4, 0.5) is 10.3 Å². The topological polar surface area (TPSA) is 39.7 Å². The maximum atomic E-state index is 13.4. The second kappa shape index (κ2) is 8.07. The molecule has 0 spiro atoms. The van der Waals surface area contributed by atoms with Gasteiger partial charge in [-0.05, 0) is 31.3 Å². The predicted molar refractivity (Wildman–Crippen MR) is 96.7 cm³/mol. The van der Waals surface area contributed by atoms with Crippen LogP contribution in [0.3, 0.4) is 0 Å². The van der Waals surface area contributed by atoms with Gasteiger partial charge in [-0.2, -0.15) is 4.68 Å². The number of morpholine rings is 1. The van der Waals surface area contributed by atoms with E-state index in [1.807, 2.05) is 10.7 Å². The van der Waals surface area contributed by atoms with E-state index in [0.717, 1.165) is 35.9 Å². The van der Waals surface area contributed by atoms with Crippen LogP contribution in [-0.4, -0.2) is 47.7 Å². The van der Waals surface area contributed by atoms with Crippen molar-refractivity contribution in [2.45, 2.75) is 26.7 Å². The van der Waals surface area contributed by atoms with Gasteiger partial charge in [-0.1, -0.05) is 12.1 Å². The summed E-state index contributed by atoms with van der Waals surface area (Å²) in [4.78, 5) is 3.41. The Labute approximate surface area is 152 Å². The summed E-state index contributed by atoms with van der Waals surface area (Å²) in [5.74, 6) is 0.709. The first-order chi connectivity index (χ1) is 12.1. The first-order valence-corrected chi connectivity index (χ1v) is 9.05. The minimum absolute atomic E-state index is 0.202. The van der Waals surface area contributed by atoms with E-state index in [0.29, 0.717) is 26.4 Å². The molecule has 1 fully saturated rings. The van der Waals surface area contributed by atoms with Crippen LogP contribution in [0.25, 0.3) is 0 Å². The molecule has 1 N–H and O–H groups in total. The van der Waals surface area contributed by atoms with Crippen molar-refractivity contribution in [2.75, 3.05) is 38.3 Å². The van der Waals surface area contributed by atoms with E-state index in [2.05, 4.69) is 23.4 Å². The summed E-state index contributed by atoms with van der Waals surface area (Å²) in [6.45, 7) is 7.31. The average Bonchev–Trinajstić information content (AvgIpc) is 2.91. The zero-order valence-corrected chi connectivity index (χ0v) is 15.6. The van der Waals surface area contributed by atoms with Crippen LogP contribution < -0.4 is 9.80 Å². The molecular weight excluding hydrogens is 341 g/mol. The van der Waals surface area contributed by atoms with Crippen LogP contribution in [0.15, 0.2) is 24.3 Å². The molecule has 2 aromatic rings. The maximum absolute atomic E-state index is 13.4. The van der Waals surface area contributed by atoms with Gasteiger partial charge in [-0.15, -0.1) is 5.10 Å². The number of hydrogen-bond acceptors (Lipinski definition) is 4. The van der Waals surface area contributed by atoms with Gasteiger partial charge in [0, 0.05) is 25.2 Å². The third kappa shape index (κ3) is 4.26. The Morgan fingerprint density at radius 3 is 2.76 bits per heavy atom. The summed E-state index contributed by atoms with van der Waals surface area (Å²) >= 11 is 5.62. The minimum atomic E-state index is -0.202. The fraction of sp³-hybridized carbons (Fsp3) is 0.529. The van der Waals surface area contributed by atoms with Gasteiger partial charge in [-0.3, -0.25) is 4.57 Å². The second-order valence-corrected chi connectivity index (χ2v) is 6.71. The van der Waals surface area contributed by atoms with Gasteiger partial charge >= 0.3 is 0 Å². The van der Waals surface area contributed by atoms with E-state index in [9.17, 15) is 4.39 Å². The number of anilines is 1. The van der Waals surface area contributed by atoms with Gasteiger partial charge in [0.25, 0.3) is 0 Å². The molecule has 0 radical (unpaired) electrons. The Hall–Kier alpha value is -1.77. The van der Waals surface area contributed by atoms with Crippen molar-refractivity contribution in [2.24, 2.45) is 0 Å². The molecule has 1 aliphatic heterocycles. The van der Waals surface area contributed by atoms with E-state index >= 15 is 0 Å². The van der Waals surface area contributed by atoms with Crippen molar-refractivity contribution < 1.29 is 14.0 Å². The summed E-state index contributed by atoms with van der Waals surface area (Å²) in [5.41, 5.74) is 0.965. The van der Waals surface area contributed by atoms with Crippen molar-refractivity contribution in [1.29, 1.82) is 0 Å². The van der Waals surface area contributed by atoms with Crippen LogP contribution >= 0.6 is 12.2 Å². The van der Waals surface area contributed by atoms with Gasteiger partial charge in [-0.25, -0.2) is 4.39 Å². The first-order valence-electron chi connectivity index (χ1n) is 8.64. The van der Waals surface area contributed by atoms with E-state index in [1.54, 1.807) is 12.1 Å². The molecule has 1 aliphatic rings. The van der Waals surface area contributed by atoms with Gasteiger partial charge < -0.3 is 14.5 Å². The summed E-state index contributed by atoms with van der Waals surface area (Å²) in [6.07, 6.45) is 0. The molecule has 1 saturated heterocycles. The molecule has 1 aromatic carbocycles. The molecule has 6 nitrogen and oxygen atoms in total. The SMILES string of the molecule is CCn1c(N2CCOCC2)nn(C[NH+](C)Cc2cccc(F)c2)c1=S. The highest BCUT2D eigenvalue weighted by Crippen LogP contribution is 2.14. The monoisotopic (exact) mass is 366 g/mol. The molecule has 0 saturated carbocycles. The Morgan fingerprint density at radius 2 is 2.08 bits per heavy atom. The van der Waals surface area contributed by atoms with Gasteiger partial charge in [0.15, 0.2) is 6.67 Å². The van der Waals surface area contributed by atoms with Gasteiger partial charge in [0.05, 0.1) is 20.3 Å². The highest BCUT2D eigenvalue weighted by Gasteiger charge is 2.20. The molecule has 1 aromatic heterocycles. The maximum Gasteiger partial charge on any atom is 0.226 e. The second-order valence-electron chi connectivity index (χ2n) is 6.35. The Morgan fingerprint density at radius 1 is 1.32 bits per heavy atom. The fourth-order valence-corrected chi connectivity index (χ4v) is 3.43. The normalized spacial score (nSPS) is 16.2. The molecular formula is C17H25FN5OS+. The van der Waals surface area contributed by atoms with Crippen LogP contribution in [-0.2, 0) is 24.5 Å². The van der Waals surface area contributed by atoms with Crippen LogP contribution in [0, 0.1) is 10.6 Å². The minimum Gasteiger partial charge on any atom is -0.378 e. The lowest BCUT2D eigenvalue weighted by molar-refractivity contribution is -0.917. The zero-order chi connectivity index (χ0) is 17.8. The molecule has 1 unspecified atom stereocenters. The molecule has 136 valence electrons. The van der Waals surface area contributed by atoms with Crippen LogP contribution in [0.1, 0.15) is 12.5 Å². The molecule has 1 atom stereocenters. The van der Waals surface area contributed by atoms with E-state index in [1.165, 1.54) is 11.0 Å². The van der Waals surface area contributed by atoms with E-state index < -0.39 is 0 Å². The standard InChI is InChI=1S/C17H24FN5OS/c1-3-22-16(21-7-9-24-10-8-21)19-23(17(22)25)13-20(2)12-14-5-4-6-15(18)11-14/h4-6,11H,3,7-10,12-13H2,1-2H3/p+1. The number of aromatic nitrogens is 3. The van der Waals surface area contributed by atoms with Crippen molar-refractivity contribution >= 4 is 18.2 Å². The Kier molecular flexibility index (Phi) is 5.82. The quantitative estimate of drug-likeness (QED) is 0.777. The number of benzene rings is 1. The van der Waals surface area contributed by atoms with Crippen molar-refractivity contribution in [3.63, 3.8) is 0 Å². The molecule has 8 heteroatoms. The number of nitrogens with zero attached hydrogens (tertiary/aromatic N) is 4. The number of nitrogens with one attached hydrogen (secondary N) is 1. The van der Waals surface area contributed by atoms with Crippen molar-refractivity contribution in [3.05, 3.63) is 40.4 Å². The molecule has 0 bridgehead atoms. The van der Waals surface area contributed by atoms with E-state index in [-0.39, 0.29) is 5.82 Å². The number of ether oxygens (including phenoxy) is 1. The molecule has 0 amide bonds. The fourth-order valence-electron chi connectivity index (χ4n) is 3.11. The average molecular weight is 366 g/mol. The molecule has 0 aliphatic carbocycles. The number of hydrogen-bond donors (Lipinski definition) is 1. The summed E-state index contributed by atoms with van der Waals surface area (Å²) < 4.78 is 23.4. The van der Waals surface area contributed by atoms with Gasteiger partial charge in [0.2, 0.25) is 10.7 Å². The molecule has 2 heterocycles. The zero-order valence-electron chi connectivity index (χ0n) is 14.7. The summed E-state index contributed by atoms with van der Waals surface area (Å²) in [5, 5.41) is 4.75. The first kappa shape index (κ1) is 18.0. The largest absolute Gasteiger partial charge is 0.378 e. The van der Waals surface area contributed by atoms with Gasteiger partial charge in [0.1, 0.15) is 12.4 Å². The Bertz CT molecular complexity index is 769. The highest BCUT2D eigenvalue weighted by molar-refractivity contribution is 7.71. The summed E-state index contributed by atoms with van der Waals surface area (Å²) in [6, 6.07) is 6.72. The number of rotatable bonds is 6. The van der Waals surface area contributed by atoms with Crippen LogP contribution in [0.2, 0.25) is 0 Å². The predicted octanol–water partition coefficient (Wildman–Crippen LogP) is 1.08. The highest BCUT2D eigenvalue weighted by atomic mass is 32.1. The number of halogens is 1. The lowest BCUT2D eigenvalue weighted by Crippen LogP contribution is -3.07. The smallest absolute Gasteiger partial charge is 0.226 e. The lowest BCUT2D eigenvalue weighted by Gasteiger charge is -2.27. The molecule has 3 rings (SSSR count). The van der Waals surface area contributed by atoms with E-state index in [4.69, 9.17) is 22.1 Å². The van der Waals surface area contributed by atoms with Crippen LogP contribution in [0.5, 0.6) is 0 Å².